The maximum atomic E-state index is 12.2. The van der Waals surface area contributed by atoms with Crippen LogP contribution in [0.1, 0.15) is 70.3 Å². The Kier molecular flexibility index (Phi) is 4.31. The Labute approximate surface area is 134 Å². The molecule has 0 aliphatic heterocycles. The zero-order valence-corrected chi connectivity index (χ0v) is 14.5. The van der Waals surface area contributed by atoms with Crippen molar-refractivity contribution in [2.75, 3.05) is 0 Å². The molecule has 0 aromatic heterocycles. The average Bonchev–Trinajstić information content (AvgIpc) is 2.40. The van der Waals surface area contributed by atoms with Gasteiger partial charge in [-0.05, 0) is 45.1 Å². The van der Waals surface area contributed by atoms with Crippen LogP contribution in [0, 0.1) is 0 Å². The first-order valence-corrected chi connectivity index (χ1v) is 7.85. The molecule has 0 heterocycles. The van der Waals surface area contributed by atoms with Crippen molar-refractivity contribution in [3.8, 4) is 0 Å². The number of carbonyl (C=O) groups is 1. The van der Waals surface area contributed by atoms with E-state index in [0.29, 0.717) is 6.42 Å². The molecule has 119 valence electrons. The Hall–Kier alpha value is -1.13. The molecule has 0 spiro atoms. The van der Waals surface area contributed by atoms with Crippen molar-refractivity contribution in [2.45, 2.75) is 71.0 Å². The van der Waals surface area contributed by atoms with Crippen LogP contribution in [0.5, 0.6) is 0 Å². The summed E-state index contributed by atoms with van der Waals surface area (Å²) in [6, 6.07) is 5.90. The van der Waals surface area contributed by atoms with Gasteiger partial charge in [-0.1, -0.05) is 37.5 Å². The van der Waals surface area contributed by atoms with Crippen LogP contribution >= 0.6 is 0 Å². The number of hydrogen-bond acceptors (Lipinski definition) is 3. The van der Waals surface area contributed by atoms with Crippen LogP contribution in [0.4, 0.5) is 0 Å². The number of carbonyl (C=O) groups excluding carboxylic acids is 1. The van der Waals surface area contributed by atoms with Crippen LogP contribution < -0.4 is 5.46 Å². The maximum Gasteiger partial charge on any atom is 0.330 e. The minimum absolute atomic E-state index is 0.0367. The Morgan fingerprint density at radius 2 is 1.86 bits per heavy atom. The summed E-state index contributed by atoms with van der Waals surface area (Å²) in [5, 5.41) is 10.1. The Morgan fingerprint density at radius 1 is 1.23 bits per heavy atom. The van der Waals surface area contributed by atoms with Crippen LogP contribution in [-0.2, 0) is 10.1 Å². The predicted molar refractivity (Wildman–Crippen MR) is 89.9 cm³/mol. The summed E-state index contributed by atoms with van der Waals surface area (Å²) in [5.74, 6) is 0.200. The first kappa shape index (κ1) is 17.2. The van der Waals surface area contributed by atoms with Crippen molar-refractivity contribution in [1.82, 2.24) is 0 Å². The van der Waals surface area contributed by atoms with Gasteiger partial charge in [0.05, 0.1) is 11.2 Å². The van der Waals surface area contributed by atoms with E-state index in [2.05, 4.69) is 13.8 Å². The molecule has 1 aromatic carbocycles. The van der Waals surface area contributed by atoms with Gasteiger partial charge in [-0.3, -0.25) is 4.79 Å². The quantitative estimate of drug-likeness (QED) is 0.870. The second-order valence-corrected chi connectivity index (χ2v) is 7.92. The fourth-order valence-corrected chi connectivity index (χ4v) is 2.51. The van der Waals surface area contributed by atoms with E-state index in [-0.39, 0.29) is 11.2 Å². The lowest BCUT2D eigenvalue weighted by Gasteiger charge is -2.37. The van der Waals surface area contributed by atoms with Crippen LogP contribution in [0.25, 0.3) is 0 Å². The molecule has 1 aliphatic rings. The molecule has 0 unspecified atom stereocenters. The number of rotatable bonds is 4. The van der Waals surface area contributed by atoms with Gasteiger partial charge in [0.25, 0.3) is 0 Å². The fourth-order valence-electron chi connectivity index (χ4n) is 2.51. The van der Waals surface area contributed by atoms with E-state index >= 15 is 0 Å². The summed E-state index contributed by atoms with van der Waals surface area (Å²) in [6.45, 7) is 11.5. The molecular formula is C18H26BO3. The molecule has 0 atom stereocenters. The van der Waals surface area contributed by atoms with E-state index in [9.17, 15) is 9.90 Å². The second kappa shape index (κ2) is 5.50. The molecule has 0 saturated heterocycles. The SMILES string of the molecule is CC1(C)CCC(=O)c2cc([B]OC(C)(C)C(C)(C)O)ccc21. The molecule has 4 heteroatoms. The fraction of sp³-hybridized carbons (Fsp3) is 0.611. The van der Waals surface area contributed by atoms with Gasteiger partial charge in [0.1, 0.15) is 0 Å². The second-order valence-electron chi connectivity index (χ2n) is 7.92. The third-order valence-electron chi connectivity index (χ3n) is 5.01. The van der Waals surface area contributed by atoms with E-state index < -0.39 is 11.2 Å². The van der Waals surface area contributed by atoms with E-state index in [0.717, 1.165) is 23.0 Å². The summed E-state index contributed by atoms with van der Waals surface area (Å²) < 4.78 is 5.77. The molecule has 0 fully saturated rings. The summed E-state index contributed by atoms with van der Waals surface area (Å²) in [4.78, 5) is 12.2. The molecule has 1 aromatic rings. The third kappa shape index (κ3) is 3.28. The highest BCUT2D eigenvalue weighted by molar-refractivity contribution is 6.47. The molecule has 22 heavy (non-hydrogen) atoms. The largest absolute Gasteiger partial charge is 0.427 e. The van der Waals surface area contributed by atoms with Gasteiger partial charge in [0, 0.05) is 12.0 Å². The highest BCUT2D eigenvalue weighted by Crippen LogP contribution is 2.36. The highest BCUT2D eigenvalue weighted by Gasteiger charge is 2.36. The smallest absolute Gasteiger partial charge is 0.330 e. The summed E-state index contributed by atoms with van der Waals surface area (Å²) >= 11 is 0. The Morgan fingerprint density at radius 3 is 2.45 bits per heavy atom. The van der Waals surface area contributed by atoms with E-state index in [1.54, 1.807) is 21.3 Å². The van der Waals surface area contributed by atoms with Crippen LogP contribution in [0.3, 0.4) is 0 Å². The van der Waals surface area contributed by atoms with Gasteiger partial charge in [0.2, 0.25) is 0 Å². The number of Topliss-reactive ketones (excluding diaryl/α,β-unsaturated/α-hetero) is 1. The molecule has 1 aliphatic carbocycles. The lowest BCUT2D eigenvalue weighted by Crippen LogP contribution is -2.49. The van der Waals surface area contributed by atoms with Gasteiger partial charge in [-0.25, -0.2) is 0 Å². The minimum atomic E-state index is -0.963. The molecule has 1 radical (unpaired) electrons. The molecule has 1 N–H and O–H groups in total. The number of hydrogen-bond donors (Lipinski definition) is 1. The third-order valence-corrected chi connectivity index (χ3v) is 5.01. The van der Waals surface area contributed by atoms with Crippen LogP contribution in [0.2, 0.25) is 0 Å². The van der Waals surface area contributed by atoms with Crippen LogP contribution in [-0.4, -0.2) is 29.6 Å². The number of fused-ring (bicyclic) bond motifs is 1. The molecule has 0 amide bonds. The van der Waals surface area contributed by atoms with Gasteiger partial charge < -0.3 is 9.76 Å². The number of ketones is 1. The summed E-state index contributed by atoms with van der Waals surface area (Å²) in [7, 11) is 1.63. The van der Waals surface area contributed by atoms with Crippen molar-refractivity contribution >= 4 is 18.7 Å². The van der Waals surface area contributed by atoms with Crippen LogP contribution in [0.15, 0.2) is 18.2 Å². The van der Waals surface area contributed by atoms with Crippen molar-refractivity contribution in [1.29, 1.82) is 0 Å². The summed E-state index contributed by atoms with van der Waals surface area (Å²) in [5.41, 5.74) is 1.12. The molecule has 0 saturated carbocycles. The molecule has 3 nitrogen and oxygen atoms in total. The Balaban J connectivity index is 2.22. The minimum Gasteiger partial charge on any atom is -0.427 e. The first-order chi connectivity index (χ1) is 9.94. The number of aliphatic hydroxyl groups is 1. The van der Waals surface area contributed by atoms with Crippen molar-refractivity contribution in [3.05, 3.63) is 29.3 Å². The van der Waals surface area contributed by atoms with Gasteiger partial charge in [0.15, 0.2) is 5.78 Å². The van der Waals surface area contributed by atoms with E-state index in [1.165, 1.54) is 0 Å². The normalized spacial score (nSPS) is 18.0. The zero-order chi connectivity index (χ0) is 16.8. The Bertz CT molecular complexity index is 582. The summed E-state index contributed by atoms with van der Waals surface area (Å²) in [6.07, 6.45) is 1.49. The highest BCUT2D eigenvalue weighted by atomic mass is 16.5. The standard InChI is InChI=1S/C18H26BO3/c1-16(2)10-9-15(20)13-11-12(7-8-14(13)16)19-22-18(5,6)17(3,4)21/h7-8,11,21H,9-10H2,1-6H3. The predicted octanol–water partition coefficient (Wildman–Crippen LogP) is 2.75. The zero-order valence-electron chi connectivity index (χ0n) is 14.5. The average molecular weight is 301 g/mol. The first-order valence-electron chi connectivity index (χ1n) is 7.85. The van der Waals surface area contributed by atoms with Gasteiger partial charge in [-0.15, -0.1) is 0 Å². The van der Waals surface area contributed by atoms with Gasteiger partial charge in [-0.2, -0.15) is 0 Å². The van der Waals surface area contributed by atoms with E-state index in [1.807, 2.05) is 32.0 Å². The van der Waals surface area contributed by atoms with Crippen molar-refractivity contribution in [3.63, 3.8) is 0 Å². The maximum absolute atomic E-state index is 12.2. The molecule has 2 rings (SSSR count). The molecule has 0 bridgehead atoms. The molecular weight excluding hydrogens is 275 g/mol. The lowest BCUT2D eigenvalue weighted by molar-refractivity contribution is -0.0893. The van der Waals surface area contributed by atoms with Crippen molar-refractivity contribution < 1.29 is 14.6 Å². The monoisotopic (exact) mass is 301 g/mol. The van der Waals surface area contributed by atoms with Crippen molar-refractivity contribution in [2.24, 2.45) is 0 Å². The van der Waals surface area contributed by atoms with Gasteiger partial charge >= 0.3 is 7.48 Å². The number of benzene rings is 1. The topological polar surface area (TPSA) is 46.5 Å². The van der Waals surface area contributed by atoms with E-state index in [4.69, 9.17) is 4.65 Å². The lowest BCUT2D eigenvalue weighted by atomic mass is 9.70.